The Morgan fingerprint density at radius 2 is 1.95 bits per heavy atom. The maximum atomic E-state index is 13.0. The van der Waals surface area contributed by atoms with Crippen LogP contribution in [0.5, 0.6) is 0 Å². The van der Waals surface area contributed by atoms with Crippen LogP contribution in [0.3, 0.4) is 0 Å². The number of hydrogen-bond acceptors (Lipinski definition) is 3. The maximum Gasteiger partial charge on any atom is 0.244 e. The van der Waals surface area contributed by atoms with Crippen molar-refractivity contribution in [3.05, 3.63) is 26.6 Å². The molecule has 1 N–H and O–H groups in total. The van der Waals surface area contributed by atoms with Crippen molar-refractivity contribution in [3.63, 3.8) is 0 Å². The highest BCUT2D eigenvalue weighted by molar-refractivity contribution is 9.11. The van der Waals surface area contributed by atoms with Gasteiger partial charge in [-0.15, -0.1) is 0 Å². The Kier molecular flexibility index (Phi) is 4.25. The van der Waals surface area contributed by atoms with E-state index in [-0.39, 0.29) is 6.04 Å². The Balaban J connectivity index is 2.00. The van der Waals surface area contributed by atoms with Crippen molar-refractivity contribution < 1.29 is 8.42 Å². The number of sulfonamides is 1. The van der Waals surface area contributed by atoms with E-state index >= 15 is 0 Å². The number of hydrogen-bond donors (Lipinski definition) is 1. The fraction of sp³-hybridized carbons (Fsp3) is 0.571. The van der Waals surface area contributed by atoms with Crippen LogP contribution in [0.25, 0.3) is 0 Å². The van der Waals surface area contributed by atoms with Gasteiger partial charge in [0.25, 0.3) is 0 Å². The van der Waals surface area contributed by atoms with Crippen LogP contribution in [0, 0.1) is 18.8 Å². The zero-order chi connectivity index (χ0) is 15.4. The van der Waals surface area contributed by atoms with E-state index < -0.39 is 10.0 Å². The lowest BCUT2D eigenvalue weighted by Gasteiger charge is -2.24. The molecule has 0 aromatic heterocycles. The minimum atomic E-state index is -3.47. The second kappa shape index (κ2) is 5.60. The van der Waals surface area contributed by atoms with Gasteiger partial charge in [-0.05, 0) is 72.4 Å². The molecule has 21 heavy (non-hydrogen) atoms. The second-order valence-corrected chi connectivity index (χ2v) is 9.50. The Labute approximate surface area is 142 Å². The molecule has 1 aromatic carbocycles. The Bertz CT molecular complexity index is 678. The lowest BCUT2D eigenvalue weighted by Crippen LogP contribution is -2.38. The molecular formula is C14H18Br2N2O2S. The van der Waals surface area contributed by atoms with Gasteiger partial charge in [-0.3, -0.25) is 0 Å². The van der Waals surface area contributed by atoms with E-state index in [9.17, 15) is 8.42 Å². The zero-order valence-electron chi connectivity index (χ0n) is 11.9. The minimum absolute atomic E-state index is 0.0435. The van der Waals surface area contributed by atoms with Gasteiger partial charge in [-0.1, -0.05) is 15.9 Å². The minimum Gasteiger partial charge on any atom is -0.316 e. The molecule has 2 aliphatic heterocycles. The van der Waals surface area contributed by atoms with E-state index in [4.69, 9.17) is 0 Å². The molecule has 0 bridgehead atoms. The van der Waals surface area contributed by atoms with Crippen LogP contribution < -0.4 is 5.32 Å². The summed E-state index contributed by atoms with van der Waals surface area (Å²) < 4.78 is 29.1. The number of nitrogens with one attached hydrogen (secondary N) is 1. The van der Waals surface area contributed by atoms with Gasteiger partial charge in [0.05, 0.1) is 4.90 Å². The standard InChI is InChI=1S/C14H18Br2N2O2S/c1-8-3-13(16)14(4-12(8)15)21(19,20)18-7-10-5-17-6-11(10)9(18)2/h3-4,9-11,17H,5-7H2,1-2H3. The molecule has 0 radical (unpaired) electrons. The number of nitrogens with zero attached hydrogens (tertiary/aromatic N) is 1. The first kappa shape index (κ1) is 15.9. The smallest absolute Gasteiger partial charge is 0.244 e. The van der Waals surface area contributed by atoms with Gasteiger partial charge >= 0.3 is 0 Å². The summed E-state index contributed by atoms with van der Waals surface area (Å²) in [5, 5.41) is 3.36. The molecule has 3 atom stereocenters. The Morgan fingerprint density at radius 1 is 1.24 bits per heavy atom. The fourth-order valence-corrected chi connectivity index (χ4v) is 6.77. The monoisotopic (exact) mass is 436 g/mol. The summed E-state index contributed by atoms with van der Waals surface area (Å²) in [6, 6.07) is 3.59. The summed E-state index contributed by atoms with van der Waals surface area (Å²) >= 11 is 6.84. The predicted molar refractivity (Wildman–Crippen MR) is 89.8 cm³/mol. The highest BCUT2D eigenvalue weighted by atomic mass is 79.9. The zero-order valence-corrected chi connectivity index (χ0v) is 15.9. The molecule has 0 amide bonds. The third-order valence-corrected chi connectivity index (χ3v) is 8.45. The fourth-order valence-electron chi connectivity index (χ4n) is 3.40. The average Bonchev–Trinajstić information content (AvgIpc) is 2.97. The highest BCUT2D eigenvalue weighted by Gasteiger charge is 2.47. The van der Waals surface area contributed by atoms with Gasteiger partial charge in [0.1, 0.15) is 0 Å². The largest absolute Gasteiger partial charge is 0.316 e. The molecule has 3 rings (SSSR count). The highest BCUT2D eigenvalue weighted by Crippen LogP contribution is 2.38. The van der Waals surface area contributed by atoms with Crippen LogP contribution in [0.4, 0.5) is 0 Å². The molecule has 2 saturated heterocycles. The summed E-state index contributed by atoms with van der Waals surface area (Å²) in [6.07, 6.45) is 0. The van der Waals surface area contributed by atoms with Crippen LogP contribution in [-0.4, -0.2) is 38.4 Å². The SMILES string of the molecule is Cc1cc(Br)c(S(=O)(=O)N2CC3CNCC3C2C)cc1Br. The topological polar surface area (TPSA) is 49.4 Å². The molecule has 0 spiro atoms. The van der Waals surface area contributed by atoms with E-state index in [1.807, 2.05) is 19.9 Å². The molecule has 0 aliphatic carbocycles. The quantitative estimate of drug-likeness (QED) is 0.773. The van der Waals surface area contributed by atoms with Gasteiger partial charge in [0.2, 0.25) is 10.0 Å². The van der Waals surface area contributed by atoms with Crippen LogP contribution in [0.15, 0.2) is 26.0 Å². The number of aryl methyl sites for hydroxylation is 1. The van der Waals surface area contributed by atoms with Crippen molar-refractivity contribution >= 4 is 41.9 Å². The van der Waals surface area contributed by atoms with Crippen LogP contribution in [0.1, 0.15) is 12.5 Å². The third-order valence-electron chi connectivity index (χ3n) is 4.68. The number of fused-ring (bicyclic) bond motifs is 1. The van der Waals surface area contributed by atoms with Crippen molar-refractivity contribution in [2.45, 2.75) is 24.8 Å². The van der Waals surface area contributed by atoms with Crippen molar-refractivity contribution in [1.29, 1.82) is 0 Å². The first-order valence-electron chi connectivity index (χ1n) is 7.00. The van der Waals surface area contributed by atoms with Gasteiger partial charge in [0, 0.05) is 21.5 Å². The van der Waals surface area contributed by atoms with Crippen LogP contribution in [-0.2, 0) is 10.0 Å². The van der Waals surface area contributed by atoms with Gasteiger partial charge in [-0.25, -0.2) is 8.42 Å². The van der Waals surface area contributed by atoms with Crippen molar-refractivity contribution in [1.82, 2.24) is 9.62 Å². The number of rotatable bonds is 2. The van der Waals surface area contributed by atoms with Crippen LogP contribution in [0.2, 0.25) is 0 Å². The third kappa shape index (κ3) is 2.61. The summed E-state index contributed by atoms with van der Waals surface area (Å²) in [4.78, 5) is 0.347. The molecule has 4 nitrogen and oxygen atoms in total. The van der Waals surface area contributed by atoms with E-state index in [1.54, 1.807) is 10.4 Å². The molecule has 2 aliphatic rings. The molecule has 2 heterocycles. The Hall–Kier alpha value is 0.0500. The molecule has 2 fully saturated rings. The predicted octanol–water partition coefficient (Wildman–Crippen LogP) is 2.75. The first-order valence-corrected chi connectivity index (χ1v) is 10.0. The molecule has 3 unspecified atom stereocenters. The maximum absolute atomic E-state index is 13.0. The lowest BCUT2D eigenvalue weighted by atomic mass is 9.95. The first-order chi connectivity index (χ1) is 9.82. The van der Waals surface area contributed by atoms with Gasteiger partial charge in [-0.2, -0.15) is 4.31 Å². The second-order valence-electron chi connectivity index (χ2n) is 5.93. The van der Waals surface area contributed by atoms with Crippen molar-refractivity contribution in [2.75, 3.05) is 19.6 Å². The van der Waals surface area contributed by atoms with E-state index in [0.29, 0.717) is 27.7 Å². The molecule has 0 saturated carbocycles. The van der Waals surface area contributed by atoms with Crippen molar-refractivity contribution in [2.24, 2.45) is 11.8 Å². The van der Waals surface area contributed by atoms with Gasteiger partial charge < -0.3 is 5.32 Å². The normalized spacial score (nSPS) is 29.8. The van der Waals surface area contributed by atoms with Crippen LogP contribution >= 0.6 is 31.9 Å². The molecular weight excluding hydrogens is 420 g/mol. The average molecular weight is 438 g/mol. The van der Waals surface area contributed by atoms with E-state index in [1.165, 1.54) is 0 Å². The number of halogens is 2. The molecule has 7 heteroatoms. The van der Waals surface area contributed by atoms with E-state index in [0.717, 1.165) is 23.1 Å². The summed E-state index contributed by atoms with van der Waals surface area (Å²) in [5.41, 5.74) is 1.01. The summed E-state index contributed by atoms with van der Waals surface area (Å²) in [7, 11) is -3.47. The summed E-state index contributed by atoms with van der Waals surface area (Å²) in [5.74, 6) is 0.856. The lowest BCUT2D eigenvalue weighted by molar-refractivity contribution is 0.360. The molecule has 116 valence electrons. The molecule has 1 aromatic rings. The Morgan fingerprint density at radius 3 is 2.62 bits per heavy atom. The van der Waals surface area contributed by atoms with Gasteiger partial charge in [0.15, 0.2) is 0 Å². The van der Waals surface area contributed by atoms with E-state index in [2.05, 4.69) is 37.2 Å². The number of benzene rings is 1. The van der Waals surface area contributed by atoms with Crippen molar-refractivity contribution in [3.8, 4) is 0 Å². The summed E-state index contributed by atoms with van der Waals surface area (Å²) in [6.45, 7) is 6.40.